The van der Waals surface area contributed by atoms with E-state index in [2.05, 4.69) is 10.3 Å². The summed E-state index contributed by atoms with van der Waals surface area (Å²) in [6.45, 7) is 3.62. The maximum atomic E-state index is 12.9. The molecule has 1 amide bonds. The van der Waals surface area contributed by atoms with Gasteiger partial charge in [0.05, 0.1) is 11.1 Å². The van der Waals surface area contributed by atoms with Gasteiger partial charge >= 0.3 is 0 Å². The van der Waals surface area contributed by atoms with Crippen LogP contribution in [-0.2, 0) is 10.0 Å². The Labute approximate surface area is 181 Å². The fourth-order valence-corrected chi connectivity index (χ4v) is 4.73. The molecule has 0 atom stereocenters. The standard InChI is InChI=1S/C21H24N4O3S2/c1-15(2)24(3)30(27,28)18-12-10-16(11-13-18)23-20(26)19-14-22-21(29-4)25(19)17-8-6-5-7-9-17/h5-15H,1-4H3,(H,23,26). The molecule has 7 nitrogen and oxygen atoms in total. The molecule has 1 heterocycles. The van der Waals surface area contributed by atoms with E-state index in [-0.39, 0.29) is 16.8 Å². The number of aromatic nitrogens is 2. The number of amides is 1. The molecule has 0 saturated heterocycles. The zero-order valence-electron chi connectivity index (χ0n) is 17.2. The second-order valence-corrected chi connectivity index (χ2v) is 9.67. The highest BCUT2D eigenvalue weighted by Gasteiger charge is 2.23. The van der Waals surface area contributed by atoms with Crippen molar-refractivity contribution in [2.24, 2.45) is 0 Å². The molecule has 1 aromatic heterocycles. The molecule has 158 valence electrons. The number of carbonyl (C=O) groups is 1. The number of sulfonamides is 1. The van der Waals surface area contributed by atoms with Crippen molar-refractivity contribution in [2.75, 3.05) is 18.6 Å². The number of thioether (sulfide) groups is 1. The Morgan fingerprint density at radius 3 is 2.30 bits per heavy atom. The smallest absolute Gasteiger partial charge is 0.274 e. The molecule has 0 spiro atoms. The summed E-state index contributed by atoms with van der Waals surface area (Å²) in [5, 5.41) is 3.52. The van der Waals surface area contributed by atoms with E-state index in [1.807, 2.05) is 50.4 Å². The lowest BCUT2D eigenvalue weighted by Gasteiger charge is -2.21. The van der Waals surface area contributed by atoms with Crippen LogP contribution in [0.3, 0.4) is 0 Å². The number of rotatable bonds is 7. The number of benzene rings is 2. The van der Waals surface area contributed by atoms with Crippen LogP contribution in [0.25, 0.3) is 5.69 Å². The number of nitrogens with one attached hydrogen (secondary N) is 1. The Balaban J connectivity index is 1.85. The van der Waals surface area contributed by atoms with E-state index in [9.17, 15) is 13.2 Å². The van der Waals surface area contributed by atoms with E-state index in [0.717, 1.165) is 5.69 Å². The molecule has 3 aromatic rings. The van der Waals surface area contributed by atoms with E-state index in [0.29, 0.717) is 16.5 Å². The summed E-state index contributed by atoms with van der Waals surface area (Å²) >= 11 is 1.44. The lowest BCUT2D eigenvalue weighted by molar-refractivity contribution is 0.102. The Kier molecular flexibility index (Phi) is 6.64. The highest BCUT2D eigenvalue weighted by Crippen LogP contribution is 2.23. The molecule has 0 unspecified atom stereocenters. The van der Waals surface area contributed by atoms with Crippen molar-refractivity contribution in [3.8, 4) is 5.69 Å². The summed E-state index contributed by atoms with van der Waals surface area (Å²) < 4.78 is 28.3. The van der Waals surface area contributed by atoms with Gasteiger partial charge in [-0.15, -0.1) is 0 Å². The minimum atomic E-state index is -3.57. The third kappa shape index (κ3) is 4.43. The van der Waals surface area contributed by atoms with E-state index < -0.39 is 10.0 Å². The van der Waals surface area contributed by atoms with Crippen LogP contribution in [-0.4, -0.2) is 47.5 Å². The SMILES string of the molecule is CSc1ncc(C(=O)Nc2ccc(S(=O)(=O)N(C)C(C)C)cc2)n1-c1ccccc1. The first-order valence-corrected chi connectivity index (χ1v) is 12.0. The van der Waals surface area contributed by atoms with Crippen LogP contribution in [0.5, 0.6) is 0 Å². The molecule has 3 rings (SSSR count). The number of hydrogen-bond donors (Lipinski definition) is 1. The summed E-state index contributed by atoms with van der Waals surface area (Å²) in [4.78, 5) is 17.4. The Hall–Kier alpha value is -2.62. The highest BCUT2D eigenvalue weighted by atomic mass is 32.2. The maximum Gasteiger partial charge on any atom is 0.274 e. The van der Waals surface area contributed by atoms with E-state index in [1.165, 1.54) is 34.4 Å². The van der Waals surface area contributed by atoms with Gasteiger partial charge in [0, 0.05) is 24.5 Å². The molecular weight excluding hydrogens is 420 g/mol. The molecule has 0 aliphatic rings. The Morgan fingerprint density at radius 1 is 1.10 bits per heavy atom. The first-order chi connectivity index (χ1) is 14.3. The van der Waals surface area contributed by atoms with Gasteiger partial charge in [0.2, 0.25) is 10.0 Å². The van der Waals surface area contributed by atoms with Gasteiger partial charge in [-0.05, 0) is 56.5 Å². The molecule has 30 heavy (non-hydrogen) atoms. The van der Waals surface area contributed by atoms with Gasteiger partial charge < -0.3 is 5.32 Å². The van der Waals surface area contributed by atoms with Crippen LogP contribution in [0.4, 0.5) is 5.69 Å². The number of imidazole rings is 1. The van der Waals surface area contributed by atoms with Crippen LogP contribution in [0.2, 0.25) is 0 Å². The van der Waals surface area contributed by atoms with E-state index in [4.69, 9.17) is 0 Å². The summed E-state index contributed by atoms with van der Waals surface area (Å²) in [6.07, 6.45) is 3.43. The van der Waals surface area contributed by atoms with Crippen LogP contribution in [0, 0.1) is 0 Å². The van der Waals surface area contributed by atoms with E-state index in [1.54, 1.807) is 23.7 Å². The minimum Gasteiger partial charge on any atom is -0.321 e. The number of para-hydroxylation sites is 1. The van der Waals surface area contributed by atoms with Gasteiger partial charge in [0.1, 0.15) is 5.69 Å². The number of carbonyl (C=O) groups excluding carboxylic acids is 1. The molecule has 0 saturated carbocycles. The van der Waals surface area contributed by atoms with Gasteiger partial charge in [-0.2, -0.15) is 4.31 Å². The van der Waals surface area contributed by atoms with Gasteiger partial charge in [-0.25, -0.2) is 13.4 Å². The molecule has 1 N–H and O–H groups in total. The van der Waals surface area contributed by atoms with Gasteiger partial charge in [0.15, 0.2) is 5.16 Å². The monoisotopic (exact) mass is 444 g/mol. The third-order valence-corrected chi connectivity index (χ3v) is 7.38. The Morgan fingerprint density at radius 2 is 1.73 bits per heavy atom. The van der Waals surface area contributed by atoms with Crippen molar-refractivity contribution >= 4 is 33.4 Å². The van der Waals surface area contributed by atoms with Crippen molar-refractivity contribution in [1.82, 2.24) is 13.9 Å². The quantitative estimate of drug-likeness (QED) is 0.559. The molecule has 0 radical (unpaired) electrons. The number of hydrogen-bond acceptors (Lipinski definition) is 5. The zero-order valence-corrected chi connectivity index (χ0v) is 18.9. The molecule has 0 aliphatic heterocycles. The topological polar surface area (TPSA) is 84.3 Å². The van der Waals surface area contributed by atoms with Crippen molar-refractivity contribution in [1.29, 1.82) is 0 Å². The van der Waals surface area contributed by atoms with E-state index >= 15 is 0 Å². The normalized spacial score (nSPS) is 11.8. The van der Waals surface area contributed by atoms with Crippen molar-refractivity contribution in [3.05, 3.63) is 66.5 Å². The largest absolute Gasteiger partial charge is 0.321 e. The Bertz CT molecular complexity index is 1120. The van der Waals surface area contributed by atoms with Crippen molar-refractivity contribution < 1.29 is 13.2 Å². The summed E-state index contributed by atoms with van der Waals surface area (Å²) in [5.74, 6) is -0.332. The second-order valence-electron chi connectivity index (χ2n) is 6.89. The summed E-state index contributed by atoms with van der Waals surface area (Å²) in [7, 11) is -2.03. The van der Waals surface area contributed by atoms with Gasteiger partial charge in [-0.1, -0.05) is 30.0 Å². The average molecular weight is 445 g/mol. The first kappa shape index (κ1) is 22.1. The molecule has 0 fully saturated rings. The third-order valence-electron chi connectivity index (χ3n) is 4.68. The van der Waals surface area contributed by atoms with Gasteiger partial charge in [-0.3, -0.25) is 9.36 Å². The minimum absolute atomic E-state index is 0.154. The molecule has 9 heteroatoms. The van der Waals surface area contributed by atoms with Crippen molar-refractivity contribution in [2.45, 2.75) is 29.9 Å². The average Bonchev–Trinajstić information content (AvgIpc) is 3.18. The van der Waals surface area contributed by atoms with Crippen LogP contribution >= 0.6 is 11.8 Å². The predicted octanol–water partition coefficient (Wildman–Crippen LogP) is 3.88. The molecular formula is C21H24N4O3S2. The molecule has 0 bridgehead atoms. The van der Waals surface area contributed by atoms with Gasteiger partial charge in [0.25, 0.3) is 5.91 Å². The van der Waals surface area contributed by atoms with Crippen LogP contribution < -0.4 is 5.32 Å². The fraction of sp³-hybridized carbons (Fsp3) is 0.238. The fourth-order valence-electron chi connectivity index (χ4n) is 2.81. The lowest BCUT2D eigenvalue weighted by Crippen LogP contribution is -2.33. The molecule has 2 aromatic carbocycles. The summed E-state index contributed by atoms with van der Waals surface area (Å²) in [6, 6.07) is 15.5. The number of anilines is 1. The molecule has 0 aliphatic carbocycles. The lowest BCUT2D eigenvalue weighted by atomic mass is 10.3. The highest BCUT2D eigenvalue weighted by molar-refractivity contribution is 7.98. The van der Waals surface area contributed by atoms with Crippen LogP contribution in [0.15, 0.2) is 70.8 Å². The second kappa shape index (κ2) is 9.03. The summed E-state index contributed by atoms with van der Waals surface area (Å²) in [5.41, 5.74) is 1.72. The first-order valence-electron chi connectivity index (χ1n) is 9.32. The zero-order chi connectivity index (χ0) is 21.9. The van der Waals surface area contributed by atoms with Crippen LogP contribution in [0.1, 0.15) is 24.3 Å². The number of nitrogens with zero attached hydrogens (tertiary/aromatic N) is 3. The predicted molar refractivity (Wildman–Crippen MR) is 120 cm³/mol. The van der Waals surface area contributed by atoms with Crippen molar-refractivity contribution in [3.63, 3.8) is 0 Å². The maximum absolute atomic E-state index is 12.9.